The lowest BCUT2D eigenvalue weighted by Crippen LogP contribution is -2.32. The van der Waals surface area contributed by atoms with Crippen LogP contribution >= 0.6 is 0 Å². The maximum absolute atomic E-state index is 12.9. The highest BCUT2D eigenvalue weighted by molar-refractivity contribution is 6.21. The quantitative estimate of drug-likeness (QED) is 0.150. The fourth-order valence-electron chi connectivity index (χ4n) is 5.04. The van der Waals surface area contributed by atoms with Gasteiger partial charge in [-0.3, -0.25) is 14.5 Å². The summed E-state index contributed by atoms with van der Waals surface area (Å²) >= 11 is 0. The fourth-order valence-corrected chi connectivity index (χ4v) is 5.04. The number of fused-ring (bicyclic) bond motifs is 2. The smallest absolute Gasteiger partial charge is 0.274 e. The molecule has 2 amide bonds. The molecule has 1 aliphatic heterocycles. The van der Waals surface area contributed by atoms with Gasteiger partial charge in [0, 0.05) is 31.9 Å². The highest BCUT2D eigenvalue weighted by atomic mass is 16.5. The van der Waals surface area contributed by atoms with Crippen LogP contribution in [0.2, 0.25) is 0 Å². The first-order valence-corrected chi connectivity index (χ1v) is 14.4. The van der Waals surface area contributed by atoms with Gasteiger partial charge < -0.3 is 24.4 Å². The Bertz CT molecular complexity index is 1800. The summed E-state index contributed by atoms with van der Waals surface area (Å²) < 4.78 is 7.78. The van der Waals surface area contributed by atoms with Gasteiger partial charge in [0.05, 0.1) is 36.4 Å². The molecule has 2 N–H and O–H groups in total. The molecule has 13 nitrogen and oxygen atoms in total. The zero-order valence-corrected chi connectivity index (χ0v) is 24.2. The number of benzene rings is 3. The number of hydrogen-bond acceptors (Lipinski definition) is 11. The van der Waals surface area contributed by atoms with Crippen molar-refractivity contribution in [3.63, 3.8) is 0 Å². The number of nitrogens with zero attached hydrogens (tertiary/aromatic N) is 8. The highest BCUT2D eigenvalue weighted by Gasteiger charge is 2.34. The van der Waals surface area contributed by atoms with E-state index in [9.17, 15) is 19.8 Å². The van der Waals surface area contributed by atoms with Crippen LogP contribution in [0.25, 0.3) is 11.2 Å². The van der Waals surface area contributed by atoms with Gasteiger partial charge in [0.25, 0.3) is 17.8 Å². The summed E-state index contributed by atoms with van der Waals surface area (Å²) in [6.07, 6.45) is 1.57. The molecule has 3 aromatic carbocycles. The summed E-state index contributed by atoms with van der Waals surface area (Å²) in [4.78, 5) is 42.4. The number of carbonyl (C=O) groups excluding carboxylic acids is 2. The number of amides is 2. The van der Waals surface area contributed by atoms with E-state index >= 15 is 0 Å². The van der Waals surface area contributed by atoms with Gasteiger partial charge in [0.15, 0.2) is 11.2 Å². The van der Waals surface area contributed by atoms with E-state index in [2.05, 4.69) is 25.2 Å². The molecule has 0 saturated carbocycles. The molecule has 1 aliphatic rings. The van der Waals surface area contributed by atoms with Gasteiger partial charge in [-0.2, -0.15) is 9.97 Å². The molecule has 0 saturated heterocycles. The predicted molar refractivity (Wildman–Crippen MR) is 165 cm³/mol. The molecular weight excluding hydrogens is 576 g/mol. The van der Waals surface area contributed by atoms with Gasteiger partial charge >= 0.3 is 0 Å². The van der Waals surface area contributed by atoms with Crippen LogP contribution in [0.5, 0.6) is 5.88 Å². The summed E-state index contributed by atoms with van der Waals surface area (Å²) in [6.45, 7) is 1.31. The molecular formula is C32H30N8O5. The lowest BCUT2D eigenvalue weighted by atomic mass is 10.1. The van der Waals surface area contributed by atoms with Crippen LogP contribution < -0.4 is 9.64 Å². The third-order valence-corrected chi connectivity index (χ3v) is 7.29. The number of ether oxygens (including phenoxy) is 1. The largest absolute Gasteiger partial charge is 0.471 e. The fraction of sp³-hybridized carbons (Fsp3) is 0.219. The normalized spacial score (nSPS) is 12.8. The van der Waals surface area contributed by atoms with Gasteiger partial charge in [0.1, 0.15) is 6.61 Å². The van der Waals surface area contributed by atoms with Crippen molar-refractivity contribution in [3.8, 4) is 5.88 Å². The Labute approximate surface area is 258 Å². The van der Waals surface area contributed by atoms with Crippen LogP contribution in [0.1, 0.15) is 26.3 Å². The van der Waals surface area contributed by atoms with E-state index in [4.69, 9.17) is 4.74 Å². The number of aromatic nitrogens is 4. The second-order valence-corrected chi connectivity index (χ2v) is 10.2. The number of anilines is 1. The Hall–Kier alpha value is -5.53. The number of imidazole rings is 1. The van der Waals surface area contributed by atoms with Crippen molar-refractivity contribution in [1.82, 2.24) is 24.4 Å². The SMILES string of the molecule is O=C1c2ccccc2C(=O)N1CCn1cnc2c(OCc3ccccc3)nc(N=Nc3ccc(N(CCO)CCO)cc3)nc21. The summed E-state index contributed by atoms with van der Waals surface area (Å²) in [5, 5.41) is 27.2. The van der Waals surface area contributed by atoms with E-state index in [1.165, 1.54) is 4.90 Å². The Morgan fingerprint density at radius 1 is 0.778 bits per heavy atom. The number of azo groups is 1. The lowest BCUT2D eigenvalue weighted by Gasteiger charge is -2.22. The predicted octanol–water partition coefficient (Wildman–Crippen LogP) is 3.91. The molecule has 0 spiro atoms. The van der Waals surface area contributed by atoms with Crippen molar-refractivity contribution in [2.45, 2.75) is 13.2 Å². The number of aliphatic hydroxyl groups is 2. The van der Waals surface area contributed by atoms with Crippen LogP contribution in [0.4, 0.5) is 17.3 Å². The van der Waals surface area contributed by atoms with Gasteiger partial charge in [-0.1, -0.05) is 42.5 Å². The Kier molecular flexibility index (Phi) is 8.80. The summed E-state index contributed by atoms with van der Waals surface area (Å²) in [5.41, 5.74) is 3.91. The Morgan fingerprint density at radius 3 is 2.11 bits per heavy atom. The van der Waals surface area contributed by atoms with Crippen molar-refractivity contribution >= 4 is 40.3 Å². The monoisotopic (exact) mass is 606 g/mol. The molecule has 0 bridgehead atoms. The van der Waals surface area contributed by atoms with Gasteiger partial charge in [-0.15, -0.1) is 10.2 Å². The molecule has 0 fully saturated rings. The van der Waals surface area contributed by atoms with Crippen LogP contribution in [0.15, 0.2) is 95.4 Å². The molecule has 0 atom stereocenters. The molecule has 0 unspecified atom stereocenters. The van der Waals surface area contributed by atoms with Crippen LogP contribution in [-0.2, 0) is 13.2 Å². The van der Waals surface area contributed by atoms with E-state index in [0.29, 0.717) is 41.1 Å². The third kappa shape index (κ3) is 6.39. The number of imide groups is 1. The van der Waals surface area contributed by atoms with E-state index in [1.54, 1.807) is 47.3 Å². The van der Waals surface area contributed by atoms with E-state index < -0.39 is 0 Å². The minimum Gasteiger partial charge on any atom is -0.471 e. The average molecular weight is 607 g/mol. The van der Waals surface area contributed by atoms with E-state index in [-0.39, 0.29) is 56.6 Å². The minimum absolute atomic E-state index is 0.0369. The minimum atomic E-state index is -0.335. The van der Waals surface area contributed by atoms with Gasteiger partial charge in [0.2, 0.25) is 5.88 Å². The maximum atomic E-state index is 12.9. The van der Waals surface area contributed by atoms with Crippen molar-refractivity contribution in [2.24, 2.45) is 10.2 Å². The molecule has 0 radical (unpaired) electrons. The second-order valence-electron chi connectivity index (χ2n) is 10.2. The number of hydrogen-bond donors (Lipinski definition) is 2. The van der Waals surface area contributed by atoms with Gasteiger partial charge in [-0.05, 0) is 42.0 Å². The number of aliphatic hydroxyl groups excluding tert-OH is 2. The lowest BCUT2D eigenvalue weighted by molar-refractivity contribution is 0.0649. The average Bonchev–Trinajstić information content (AvgIpc) is 3.59. The van der Waals surface area contributed by atoms with Crippen LogP contribution in [0.3, 0.4) is 0 Å². The molecule has 3 heterocycles. The second kappa shape index (κ2) is 13.4. The number of carbonyl (C=O) groups is 2. The third-order valence-electron chi connectivity index (χ3n) is 7.29. The number of rotatable bonds is 13. The molecule has 0 aliphatic carbocycles. The van der Waals surface area contributed by atoms with Crippen molar-refractivity contribution in [1.29, 1.82) is 0 Å². The Balaban J connectivity index is 1.26. The summed E-state index contributed by atoms with van der Waals surface area (Å²) in [7, 11) is 0. The van der Waals surface area contributed by atoms with Crippen LogP contribution in [0, 0.1) is 0 Å². The van der Waals surface area contributed by atoms with Gasteiger partial charge in [-0.25, -0.2) is 4.98 Å². The summed E-state index contributed by atoms with van der Waals surface area (Å²) in [5.74, 6) is -0.411. The zero-order valence-electron chi connectivity index (χ0n) is 24.2. The standard InChI is InChI=1S/C32H30N8O5/c41-18-16-38(17-19-42)24-12-10-23(11-13-24)36-37-32-34-28-27(29(35-32)45-20-22-6-2-1-3-7-22)33-21-39(28)14-15-40-30(43)25-8-4-5-9-26(25)31(40)44/h1-13,21,41-42H,14-20H2. The topological polar surface area (TPSA) is 159 Å². The molecule has 6 rings (SSSR count). The van der Waals surface area contributed by atoms with Crippen molar-refractivity contribution in [2.75, 3.05) is 37.7 Å². The van der Waals surface area contributed by atoms with Crippen molar-refractivity contribution < 1.29 is 24.5 Å². The maximum Gasteiger partial charge on any atom is 0.274 e. The molecule has 13 heteroatoms. The van der Waals surface area contributed by atoms with Crippen LogP contribution in [-0.4, -0.2) is 79.3 Å². The zero-order chi connectivity index (χ0) is 31.2. The molecule has 45 heavy (non-hydrogen) atoms. The first-order chi connectivity index (χ1) is 22.1. The first kappa shape index (κ1) is 29.5. The Morgan fingerprint density at radius 2 is 1.44 bits per heavy atom. The van der Waals surface area contributed by atoms with E-state index in [0.717, 1.165) is 11.3 Å². The first-order valence-electron chi connectivity index (χ1n) is 14.4. The molecule has 228 valence electrons. The van der Waals surface area contributed by atoms with Crippen molar-refractivity contribution in [3.05, 3.63) is 102 Å². The molecule has 2 aromatic heterocycles. The highest BCUT2D eigenvalue weighted by Crippen LogP contribution is 2.28. The van der Waals surface area contributed by atoms with E-state index in [1.807, 2.05) is 47.4 Å². The molecule has 5 aromatic rings. The summed E-state index contributed by atoms with van der Waals surface area (Å²) in [6, 6.07) is 23.6.